The standard InChI is InChI=1S/C21H32FN3O3/c1-13-11-25(12-14(2)27-13)17-6-7-19(18(22)10-17)23-15-8-16(9-15)24-20(26)28-21(3,4)5/h6-7,10,13-16,23H,8-9,11-12H2,1-5H3,(H,24,26). The molecule has 2 fully saturated rings. The van der Waals surface area contributed by atoms with Crippen LogP contribution in [0, 0.1) is 5.82 Å². The molecule has 3 rings (SSSR count). The maximum absolute atomic E-state index is 14.6. The maximum Gasteiger partial charge on any atom is 0.407 e. The summed E-state index contributed by atoms with van der Waals surface area (Å²) in [7, 11) is 0. The van der Waals surface area contributed by atoms with E-state index in [0.717, 1.165) is 31.6 Å². The second kappa shape index (κ2) is 8.15. The van der Waals surface area contributed by atoms with Crippen LogP contribution in [-0.4, -0.2) is 49.1 Å². The smallest absolute Gasteiger partial charge is 0.407 e. The normalized spacial score (nSPS) is 27.7. The van der Waals surface area contributed by atoms with Crippen molar-refractivity contribution >= 4 is 17.5 Å². The van der Waals surface area contributed by atoms with Crippen molar-refractivity contribution in [1.29, 1.82) is 0 Å². The highest BCUT2D eigenvalue weighted by Crippen LogP contribution is 2.29. The molecule has 1 aliphatic heterocycles. The minimum absolute atomic E-state index is 0.0611. The molecule has 156 valence electrons. The molecule has 28 heavy (non-hydrogen) atoms. The lowest BCUT2D eigenvalue weighted by molar-refractivity contribution is -0.00523. The number of nitrogens with zero attached hydrogens (tertiary/aromatic N) is 1. The van der Waals surface area contributed by atoms with Crippen molar-refractivity contribution in [2.24, 2.45) is 0 Å². The Morgan fingerprint density at radius 3 is 2.39 bits per heavy atom. The van der Waals surface area contributed by atoms with Crippen LogP contribution in [0.3, 0.4) is 0 Å². The summed E-state index contributed by atoms with van der Waals surface area (Å²) in [6.45, 7) is 11.1. The fourth-order valence-electron chi connectivity index (χ4n) is 3.75. The van der Waals surface area contributed by atoms with E-state index < -0.39 is 11.7 Å². The van der Waals surface area contributed by atoms with Gasteiger partial charge < -0.3 is 25.0 Å². The van der Waals surface area contributed by atoms with Gasteiger partial charge in [0.15, 0.2) is 0 Å². The number of carbonyl (C=O) groups excluding carboxylic acids is 1. The molecule has 6 nitrogen and oxygen atoms in total. The fraction of sp³-hybridized carbons (Fsp3) is 0.667. The second-order valence-corrected chi connectivity index (χ2v) is 8.98. The number of morpholine rings is 1. The van der Waals surface area contributed by atoms with E-state index in [-0.39, 0.29) is 30.1 Å². The van der Waals surface area contributed by atoms with Crippen molar-refractivity contribution < 1.29 is 18.7 Å². The zero-order chi connectivity index (χ0) is 20.5. The summed E-state index contributed by atoms with van der Waals surface area (Å²) in [4.78, 5) is 14.0. The van der Waals surface area contributed by atoms with Crippen LogP contribution in [0.5, 0.6) is 0 Å². The molecular formula is C21H32FN3O3. The van der Waals surface area contributed by atoms with E-state index in [4.69, 9.17) is 9.47 Å². The molecule has 2 unspecified atom stereocenters. The molecule has 1 saturated carbocycles. The summed E-state index contributed by atoms with van der Waals surface area (Å²) in [6.07, 6.45) is 1.36. The van der Waals surface area contributed by atoms with Gasteiger partial charge in [0.25, 0.3) is 0 Å². The molecule has 7 heteroatoms. The first kappa shape index (κ1) is 20.7. The molecule has 1 aromatic rings. The lowest BCUT2D eigenvalue weighted by atomic mass is 9.86. The van der Waals surface area contributed by atoms with E-state index in [9.17, 15) is 9.18 Å². The highest BCUT2D eigenvalue weighted by Gasteiger charge is 2.32. The first-order valence-corrected chi connectivity index (χ1v) is 10.0. The van der Waals surface area contributed by atoms with E-state index in [0.29, 0.717) is 5.69 Å². The van der Waals surface area contributed by atoms with Crippen LogP contribution in [-0.2, 0) is 9.47 Å². The lowest BCUT2D eigenvalue weighted by Gasteiger charge is -2.38. The van der Waals surface area contributed by atoms with Gasteiger partial charge in [-0.05, 0) is 65.7 Å². The Labute approximate surface area is 166 Å². The van der Waals surface area contributed by atoms with Crippen molar-refractivity contribution in [3.05, 3.63) is 24.0 Å². The molecule has 2 aliphatic rings. The summed E-state index contributed by atoms with van der Waals surface area (Å²) < 4.78 is 25.6. The predicted octanol–water partition coefficient (Wildman–Crippen LogP) is 3.91. The number of ether oxygens (including phenoxy) is 2. The van der Waals surface area contributed by atoms with Crippen LogP contribution in [0.1, 0.15) is 47.5 Å². The van der Waals surface area contributed by atoms with Crippen LogP contribution in [0.15, 0.2) is 18.2 Å². The van der Waals surface area contributed by atoms with Gasteiger partial charge >= 0.3 is 6.09 Å². The summed E-state index contributed by atoms with van der Waals surface area (Å²) >= 11 is 0. The molecule has 1 amide bonds. The van der Waals surface area contributed by atoms with Crippen LogP contribution < -0.4 is 15.5 Å². The molecule has 0 aromatic heterocycles. The van der Waals surface area contributed by atoms with Gasteiger partial charge in [0, 0.05) is 30.9 Å². The monoisotopic (exact) mass is 393 g/mol. The SMILES string of the molecule is CC1CN(c2ccc(NC3CC(NC(=O)OC(C)(C)C)C3)c(F)c2)CC(C)O1. The van der Waals surface area contributed by atoms with Crippen LogP contribution in [0.2, 0.25) is 0 Å². The molecule has 1 heterocycles. The number of hydrogen-bond donors (Lipinski definition) is 2. The van der Waals surface area contributed by atoms with Gasteiger partial charge in [-0.3, -0.25) is 0 Å². The molecule has 1 aromatic carbocycles. The third-order valence-corrected chi connectivity index (χ3v) is 4.96. The Kier molecular flexibility index (Phi) is 6.03. The topological polar surface area (TPSA) is 62.8 Å². The minimum atomic E-state index is -0.508. The van der Waals surface area contributed by atoms with Gasteiger partial charge in [-0.2, -0.15) is 0 Å². The van der Waals surface area contributed by atoms with Crippen LogP contribution in [0.25, 0.3) is 0 Å². The molecule has 1 aliphatic carbocycles. The van der Waals surface area contributed by atoms with Crippen LogP contribution >= 0.6 is 0 Å². The highest BCUT2D eigenvalue weighted by molar-refractivity contribution is 5.68. The number of halogens is 1. The van der Waals surface area contributed by atoms with Gasteiger partial charge in [0.05, 0.1) is 17.9 Å². The first-order chi connectivity index (χ1) is 13.1. The van der Waals surface area contributed by atoms with Crippen molar-refractivity contribution in [3.8, 4) is 0 Å². The zero-order valence-electron chi connectivity index (χ0n) is 17.4. The number of benzene rings is 1. The zero-order valence-corrected chi connectivity index (χ0v) is 17.4. The Morgan fingerprint density at radius 2 is 1.82 bits per heavy atom. The Morgan fingerprint density at radius 1 is 1.18 bits per heavy atom. The van der Waals surface area contributed by atoms with Gasteiger partial charge in [0.1, 0.15) is 11.4 Å². The van der Waals surface area contributed by atoms with E-state index >= 15 is 0 Å². The average Bonchev–Trinajstić information content (AvgIpc) is 2.51. The predicted molar refractivity (Wildman–Crippen MR) is 108 cm³/mol. The Balaban J connectivity index is 1.49. The van der Waals surface area contributed by atoms with Gasteiger partial charge in [0.2, 0.25) is 0 Å². The summed E-state index contributed by atoms with van der Waals surface area (Å²) in [6, 6.07) is 5.53. The summed E-state index contributed by atoms with van der Waals surface area (Å²) in [5.41, 5.74) is 0.869. The van der Waals surface area contributed by atoms with E-state index in [2.05, 4.69) is 15.5 Å². The lowest BCUT2D eigenvalue weighted by Crippen LogP contribution is -2.50. The van der Waals surface area contributed by atoms with Crippen molar-refractivity contribution in [2.75, 3.05) is 23.3 Å². The van der Waals surface area contributed by atoms with Gasteiger partial charge in [-0.15, -0.1) is 0 Å². The molecule has 1 saturated heterocycles. The van der Waals surface area contributed by atoms with Crippen molar-refractivity contribution in [1.82, 2.24) is 5.32 Å². The van der Waals surface area contributed by atoms with E-state index in [1.165, 1.54) is 0 Å². The third-order valence-electron chi connectivity index (χ3n) is 4.96. The number of hydrogen-bond acceptors (Lipinski definition) is 5. The summed E-state index contributed by atoms with van der Waals surface area (Å²) in [5, 5.41) is 6.09. The van der Waals surface area contributed by atoms with Crippen LogP contribution in [0.4, 0.5) is 20.6 Å². The molecule has 2 N–H and O–H groups in total. The average molecular weight is 394 g/mol. The highest BCUT2D eigenvalue weighted by atomic mass is 19.1. The number of anilines is 2. The number of nitrogens with one attached hydrogen (secondary N) is 2. The van der Waals surface area contributed by atoms with Gasteiger partial charge in [-0.25, -0.2) is 9.18 Å². The van der Waals surface area contributed by atoms with E-state index in [1.807, 2.05) is 40.7 Å². The van der Waals surface area contributed by atoms with Crippen molar-refractivity contribution in [2.45, 2.75) is 77.4 Å². The number of carbonyl (C=O) groups is 1. The number of amides is 1. The van der Waals surface area contributed by atoms with Gasteiger partial charge in [-0.1, -0.05) is 0 Å². The molecule has 2 atom stereocenters. The quantitative estimate of drug-likeness (QED) is 0.812. The minimum Gasteiger partial charge on any atom is -0.444 e. The van der Waals surface area contributed by atoms with Crippen molar-refractivity contribution in [3.63, 3.8) is 0 Å². The Hall–Kier alpha value is -2.02. The fourth-order valence-corrected chi connectivity index (χ4v) is 3.75. The van der Waals surface area contributed by atoms with E-state index in [1.54, 1.807) is 12.1 Å². The molecule has 0 bridgehead atoms. The number of rotatable bonds is 4. The largest absolute Gasteiger partial charge is 0.444 e. The second-order valence-electron chi connectivity index (χ2n) is 8.98. The maximum atomic E-state index is 14.6. The number of alkyl carbamates (subject to hydrolysis) is 1. The molecular weight excluding hydrogens is 361 g/mol. The first-order valence-electron chi connectivity index (χ1n) is 10.0. The summed E-state index contributed by atoms with van der Waals surface area (Å²) in [5.74, 6) is -0.257. The molecule has 0 spiro atoms. The molecule has 0 radical (unpaired) electrons. The Bertz CT molecular complexity index is 691. The third kappa shape index (κ3) is 5.50.